The quantitative estimate of drug-likeness (QED) is 0.790. The summed E-state index contributed by atoms with van der Waals surface area (Å²) in [4.78, 5) is 25.5. The maximum atomic E-state index is 12.5. The summed E-state index contributed by atoms with van der Waals surface area (Å²) in [7, 11) is 0. The lowest BCUT2D eigenvalue weighted by atomic mass is 9.83. The van der Waals surface area contributed by atoms with Gasteiger partial charge in [-0.1, -0.05) is 46.3 Å². The van der Waals surface area contributed by atoms with Crippen molar-refractivity contribution in [2.75, 3.05) is 13.1 Å². The molecule has 1 fully saturated rings. The molecule has 0 radical (unpaired) electrons. The smallest absolute Gasteiger partial charge is 0.307 e. The zero-order valence-electron chi connectivity index (χ0n) is 13.1. The van der Waals surface area contributed by atoms with E-state index in [0.29, 0.717) is 13.1 Å². The molecule has 1 aliphatic heterocycles. The van der Waals surface area contributed by atoms with E-state index in [0.717, 1.165) is 6.42 Å². The number of carbonyl (C=O) groups is 2. The lowest BCUT2D eigenvalue weighted by molar-refractivity contribution is -0.142. The van der Waals surface area contributed by atoms with Crippen molar-refractivity contribution in [1.82, 2.24) is 4.90 Å². The normalized spacial score (nSPS) is 28.9. The van der Waals surface area contributed by atoms with Gasteiger partial charge in [0.2, 0.25) is 5.91 Å². The van der Waals surface area contributed by atoms with E-state index in [1.165, 1.54) is 5.57 Å². The largest absolute Gasteiger partial charge is 0.481 e. The van der Waals surface area contributed by atoms with E-state index in [2.05, 4.69) is 26.8 Å². The van der Waals surface area contributed by atoms with Crippen LogP contribution in [0.15, 0.2) is 11.6 Å². The minimum absolute atomic E-state index is 0.00612. The Morgan fingerprint density at radius 1 is 1.30 bits per heavy atom. The lowest BCUT2D eigenvalue weighted by Gasteiger charge is -2.32. The Morgan fingerprint density at radius 3 is 2.25 bits per heavy atom. The van der Waals surface area contributed by atoms with Crippen LogP contribution in [-0.2, 0) is 9.59 Å². The van der Waals surface area contributed by atoms with Gasteiger partial charge in [-0.3, -0.25) is 9.59 Å². The minimum atomic E-state index is -0.851. The summed E-state index contributed by atoms with van der Waals surface area (Å²) in [5.41, 5.74) is 1.13. The summed E-state index contributed by atoms with van der Waals surface area (Å²) < 4.78 is 0. The highest BCUT2D eigenvalue weighted by Gasteiger charge is 2.66. The molecule has 4 heteroatoms. The summed E-state index contributed by atoms with van der Waals surface area (Å²) in [6.45, 7) is 11.6. The first-order chi connectivity index (χ1) is 9.06. The lowest BCUT2D eigenvalue weighted by Crippen LogP contribution is -2.38. The number of hydrogen-bond donors (Lipinski definition) is 1. The van der Waals surface area contributed by atoms with E-state index in [4.69, 9.17) is 0 Å². The van der Waals surface area contributed by atoms with E-state index >= 15 is 0 Å². The SMILES string of the molecule is CC(C)(C)C1=CCN(C(=O)C2C(C(=O)O)C2(C)C)CC1. The zero-order valence-corrected chi connectivity index (χ0v) is 13.1. The minimum Gasteiger partial charge on any atom is -0.481 e. The molecule has 0 aromatic heterocycles. The van der Waals surface area contributed by atoms with Gasteiger partial charge in [0.1, 0.15) is 0 Å². The molecule has 1 N–H and O–H groups in total. The topological polar surface area (TPSA) is 57.6 Å². The Hall–Kier alpha value is -1.32. The molecular formula is C16H25NO3. The summed E-state index contributed by atoms with van der Waals surface area (Å²) in [5, 5.41) is 9.17. The number of carboxylic acids is 1. The number of rotatable bonds is 2. The third-order valence-electron chi connectivity index (χ3n) is 4.84. The molecule has 112 valence electrons. The van der Waals surface area contributed by atoms with Crippen LogP contribution in [0.3, 0.4) is 0 Å². The Balaban J connectivity index is 2.04. The molecule has 1 amide bonds. The van der Waals surface area contributed by atoms with Crippen LogP contribution in [-0.4, -0.2) is 35.0 Å². The molecule has 0 aromatic rings. The number of nitrogens with zero attached hydrogens (tertiary/aromatic N) is 1. The van der Waals surface area contributed by atoms with E-state index in [1.54, 1.807) is 0 Å². The molecule has 2 rings (SSSR count). The molecule has 1 aliphatic carbocycles. The van der Waals surface area contributed by atoms with Gasteiger partial charge in [0, 0.05) is 13.1 Å². The van der Waals surface area contributed by atoms with Gasteiger partial charge in [-0.15, -0.1) is 0 Å². The van der Waals surface area contributed by atoms with Crippen molar-refractivity contribution in [2.24, 2.45) is 22.7 Å². The molecular weight excluding hydrogens is 254 g/mol. The van der Waals surface area contributed by atoms with Gasteiger partial charge in [0.25, 0.3) is 0 Å². The van der Waals surface area contributed by atoms with Crippen molar-refractivity contribution < 1.29 is 14.7 Å². The van der Waals surface area contributed by atoms with Crippen molar-refractivity contribution in [2.45, 2.75) is 41.0 Å². The van der Waals surface area contributed by atoms with Gasteiger partial charge >= 0.3 is 5.97 Å². The van der Waals surface area contributed by atoms with Crippen LogP contribution in [0.25, 0.3) is 0 Å². The summed E-state index contributed by atoms with van der Waals surface area (Å²) in [6.07, 6.45) is 3.02. The number of amides is 1. The Labute approximate surface area is 120 Å². The number of carboxylic acid groups (broad SMARTS) is 1. The average molecular weight is 279 g/mol. The van der Waals surface area contributed by atoms with Gasteiger partial charge in [-0.05, 0) is 17.3 Å². The van der Waals surface area contributed by atoms with Crippen LogP contribution in [0, 0.1) is 22.7 Å². The predicted molar refractivity (Wildman–Crippen MR) is 77.1 cm³/mol. The van der Waals surface area contributed by atoms with Crippen molar-refractivity contribution in [3.8, 4) is 0 Å². The molecule has 0 saturated heterocycles. The standard InChI is InChI=1S/C16H25NO3/c1-15(2,3)10-6-8-17(9-7-10)13(18)11-12(14(19)20)16(11,4)5/h6,11-12H,7-9H2,1-5H3,(H,19,20). The second-order valence-corrected chi connectivity index (χ2v) is 7.63. The Kier molecular flexibility index (Phi) is 3.47. The van der Waals surface area contributed by atoms with E-state index in [1.807, 2.05) is 18.7 Å². The molecule has 20 heavy (non-hydrogen) atoms. The van der Waals surface area contributed by atoms with Crippen LogP contribution in [0.2, 0.25) is 0 Å². The van der Waals surface area contributed by atoms with Gasteiger partial charge in [0.15, 0.2) is 0 Å². The van der Waals surface area contributed by atoms with Crippen molar-refractivity contribution in [3.63, 3.8) is 0 Å². The number of aliphatic carboxylic acids is 1. The Morgan fingerprint density at radius 2 is 1.90 bits per heavy atom. The van der Waals surface area contributed by atoms with Crippen LogP contribution in [0.1, 0.15) is 41.0 Å². The maximum absolute atomic E-state index is 12.5. The second-order valence-electron chi connectivity index (χ2n) is 7.63. The van der Waals surface area contributed by atoms with Gasteiger partial charge in [-0.25, -0.2) is 0 Å². The van der Waals surface area contributed by atoms with Crippen molar-refractivity contribution in [1.29, 1.82) is 0 Å². The fraction of sp³-hybridized carbons (Fsp3) is 0.750. The fourth-order valence-electron chi connectivity index (χ4n) is 3.31. The monoisotopic (exact) mass is 279 g/mol. The average Bonchev–Trinajstić information content (AvgIpc) is 2.90. The van der Waals surface area contributed by atoms with E-state index in [-0.39, 0.29) is 17.2 Å². The van der Waals surface area contributed by atoms with Crippen molar-refractivity contribution >= 4 is 11.9 Å². The van der Waals surface area contributed by atoms with Gasteiger partial charge in [0.05, 0.1) is 11.8 Å². The van der Waals surface area contributed by atoms with Crippen LogP contribution in [0.4, 0.5) is 0 Å². The van der Waals surface area contributed by atoms with Crippen LogP contribution in [0.5, 0.6) is 0 Å². The van der Waals surface area contributed by atoms with E-state index < -0.39 is 17.3 Å². The third-order valence-corrected chi connectivity index (χ3v) is 4.84. The number of carbonyl (C=O) groups excluding carboxylic acids is 1. The van der Waals surface area contributed by atoms with Gasteiger partial charge in [-0.2, -0.15) is 0 Å². The Bertz CT molecular complexity index is 471. The predicted octanol–water partition coefficient (Wildman–Crippen LogP) is 2.55. The molecule has 0 aromatic carbocycles. The van der Waals surface area contributed by atoms with E-state index in [9.17, 15) is 14.7 Å². The highest BCUT2D eigenvalue weighted by atomic mass is 16.4. The van der Waals surface area contributed by atoms with Crippen LogP contribution < -0.4 is 0 Å². The summed E-state index contributed by atoms with van der Waals surface area (Å²) in [6, 6.07) is 0. The van der Waals surface area contributed by atoms with Crippen molar-refractivity contribution in [3.05, 3.63) is 11.6 Å². The molecule has 0 spiro atoms. The third kappa shape index (κ3) is 2.48. The molecule has 1 saturated carbocycles. The molecule has 4 nitrogen and oxygen atoms in total. The summed E-state index contributed by atoms with van der Waals surface area (Å²) in [5.74, 6) is -1.73. The first-order valence-corrected chi connectivity index (χ1v) is 7.28. The molecule has 2 unspecified atom stereocenters. The first kappa shape index (κ1) is 15.1. The maximum Gasteiger partial charge on any atom is 0.307 e. The highest BCUT2D eigenvalue weighted by Crippen LogP contribution is 2.59. The molecule has 2 aliphatic rings. The van der Waals surface area contributed by atoms with Gasteiger partial charge < -0.3 is 10.0 Å². The molecule has 2 atom stereocenters. The molecule has 1 heterocycles. The summed E-state index contributed by atoms with van der Waals surface area (Å²) >= 11 is 0. The first-order valence-electron chi connectivity index (χ1n) is 7.28. The van der Waals surface area contributed by atoms with Crippen LogP contribution >= 0.6 is 0 Å². The molecule has 0 bridgehead atoms. The highest BCUT2D eigenvalue weighted by molar-refractivity contribution is 5.91. The number of hydrogen-bond acceptors (Lipinski definition) is 2. The second kappa shape index (κ2) is 4.61. The zero-order chi connectivity index (χ0) is 15.3. The fourth-order valence-corrected chi connectivity index (χ4v) is 3.31.